The molecule has 9 heteroatoms. The maximum Gasteiger partial charge on any atom is 0.316 e. The third-order valence-corrected chi connectivity index (χ3v) is 4.34. The molecule has 0 amide bonds. The Labute approximate surface area is 136 Å². The van der Waals surface area contributed by atoms with Gasteiger partial charge in [-0.25, -0.2) is 9.66 Å². The number of nitrogens with two attached hydrogens (primary N) is 1. The van der Waals surface area contributed by atoms with Crippen LogP contribution in [0.1, 0.15) is 11.6 Å². The van der Waals surface area contributed by atoms with E-state index >= 15 is 0 Å². The standard InChI is InChI=1S/C14H16N6O2S/c1-9-16-10-5-3-4-6-11(10)19(9)7-12-17-18-14(20(12)15)23-8-13(21)22-2/h3-6H,7-8,15H2,1-2H3. The molecule has 120 valence electrons. The van der Waals surface area contributed by atoms with Crippen molar-refractivity contribution in [3.05, 3.63) is 35.9 Å². The van der Waals surface area contributed by atoms with Gasteiger partial charge in [-0.2, -0.15) is 0 Å². The van der Waals surface area contributed by atoms with Crippen molar-refractivity contribution in [3.63, 3.8) is 0 Å². The number of fused-ring (bicyclic) bond motifs is 1. The SMILES string of the molecule is COC(=O)CSc1nnc(Cn2c(C)nc3ccccc32)n1N. The van der Waals surface area contributed by atoms with Crippen molar-refractivity contribution in [2.45, 2.75) is 18.6 Å². The molecule has 0 radical (unpaired) electrons. The van der Waals surface area contributed by atoms with E-state index in [-0.39, 0.29) is 11.7 Å². The van der Waals surface area contributed by atoms with Crippen LogP contribution in [-0.2, 0) is 16.1 Å². The van der Waals surface area contributed by atoms with E-state index in [1.165, 1.54) is 23.5 Å². The van der Waals surface area contributed by atoms with E-state index in [1.54, 1.807) is 0 Å². The number of nitrogens with zero attached hydrogens (tertiary/aromatic N) is 5. The highest BCUT2D eigenvalue weighted by Crippen LogP contribution is 2.19. The number of benzene rings is 1. The Morgan fingerprint density at radius 1 is 1.35 bits per heavy atom. The second-order valence-electron chi connectivity index (χ2n) is 4.87. The number of imidazole rings is 1. The van der Waals surface area contributed by atoms with Crippen LogP contribution in [0.4, 0.5) is 0 Å². The van der Waals surface area contributed by atoms with Crippen LogP contribution in [0.2, 0.25) is 0 Å². The maximum absolute atomic E-state index is 11.2. The van der Waals surface area contributed by atoms with Gasteiger partial charge in [0.2, 0.25) is 5.16 Å². The van der Waals surface area contributed by atoms with E-state index in [9.17, 15) is 4.79 Å². The van der Waals surface area contributed by atoms with Gasteiger partial charge >= 0.3 is 5.97 Å². The fourth-order valence-corrected chi connectivity index (χ4v) is 2.94. The van der Waals surface area contributed by atoms with Gasteiger partial charge in [0.25, 0.3) is 0 Å². The number of para-hydroxylation sites is 2. The summed E-state index contributed by atoms with van der Waals surface area (Å²) < 4.78 is 8.01. The third kappa shape index (κ3) is 3.00. The van der Waals surface area contributed by atoms with Crippen LogP contribution in [0.3, 0.4) is 0 Å². The molecule has 2 N–H and O–H groups in total. The molecule has 1 aromatic carbocycles. The fraction of sp³-hybridized carbons (Fsp3) is 0.286. The van der Waals surface area contributed by atoms with Gasteiger partial charge in [-0.05, 0) is 19.1 Å². The zero-order chi connectivity index (χ0) is 16.4. The van der Waals surface area contributed by atoms with Gasteiger partial charge in [-0.3, -0.25) is 4.79 Å². The van der Waals surface area contributed by atoms with Crippen LogP contribution >= 0.6 is 11.8 Å². The Kier molecular flexibility index (Phi) is 4.20. The quantitative estimate of drug-likeness (QED) is 0.422. The van der Waals surface area contributed by atoms with Crippen LogP contribution in [0, 0.1) is 6.92 Å². The summed E-state index contributed by atoms with van der Waals surface area (Å²) in [5.41, 5.74) is 1.94. The van der Waals surface area contributed by atoms with E-state index in [2.05, 4.69) is 19.9 Å². The van der Waals surface area contributed by atoms with Crippen molar-refractivity contribution in [2.75, 3.05) is 18.7 Å². The summed E-state index contributed by atoms with van der Waals surface area (Å²) in [6.07, 6.45) is 0. The Morgan fingerprint density at radius 3 is 2.91 bits per heavy atom. The van der Waals surface area contributed by atoms with Gasteiger partial charge in [-0.15, -0.1) is 10.2 Å². The van der Waals surface area contributed by atoms with Crippen LogP contribution in [0.5, 0.6) is 0 Å². The number of thioether (sulfide) groups is 1. The van der Waals surface area contributed by atoms with E-state index in [4.69, 9.17) is 5.84 Å². The first-order valence-electron chi connectivity index (χ1n) is 6.91. The van der Waals surface area contributed by atoms with Gasteiger partial charge in [0.15, 0.2) is 5.82 Å². The monoisotopic (exact) mass is 332 g/mol. The number of esters is 1. The van der Waals surface area contributed by atoms with Crippen LogP contribution in [0.25, 0.3) is 11.0 Å². The lowest BCUT2D eigenvalue weighted by molar-refractivity contribution is -0.137. The molecular weight excluding hydrogens is 316 g/mol. The molecule has 8 nitrogen and oxygen atoms in total. The number of aromatic nitrogens is 5. The second-order valence-corrected chi connectivity index (χ2v) is 5.81. The highest BCUT2D eigenvalue weighted by atomic mass is 32.2. The number of ether oxygens (including phenoxy) is 1. The molecule has 2 aromatic heterocycles. The number of hydrogen-bond donors (Lipinski definition) is 1. The molecule has 2 heterocycles. The maximum atomic E-state index is 11.2. The Bertz CT molecular complexity index is 856. The molecule has 23 heavy (non-hydrogen) atoms. The summed E-state index contributed by atoms with van der Waals surface area (Å²) in [5, 5.41) is 8.60. The molecule has 0 aliphatic carbocycles. The molecule has 0 aliphatic heterocycles. The van der Waals surface area contributed by atoms with Gasteiger partial charge in [-0.1, -0.05) is 23.9 Å². The van der Waals surface area contributed by atoms with E-state index in [1.807, 2.05) is 35.8 Å². The molecule has 3 aromatic rings. The van der Waals surface area contributed by atoms with Crippen molar-refractivity contribution in [1.82, 2.24) is 24.4 Å². The first kappa shape index (κ1) is 15.3. The zero-order valence-electron chi connectivity index (χ0n) is 12.8. The number of carbonyl (C=O) groups is 1. The summed E-state index contributed by atoms with van der Waals surface area (Å²) in [5.74, 6) is 7.29. The summed E-state index contributed by atoms with van der Waals surface area (Å²) in [6, 6.07) is 7.87. The van der Waals surface area contributed by atoms with E-state index in [0.717, 1.165) is 16.9 Å². The number of rotatable bonds is 5. The van der Waals surface area contributed by atoms with Crippen molar-refractivity contribution in [2.24, 2.45) is 0 Å². The largest absolute Gasteiger partial charge is 0.468 e. The number of aryl methyl sites for hydroxylation is 1. The van der Waals surface area contributed by atoms with Crippen LogP contribution in [0.15, 0.2) is 29.4 Å². The highest BCUT2D eigenvalue weighted by Gasteiger charge is 2.15. The molecule has 0 fully saturated rings. The number of carbonyl (C=O) groups excluding carboxylic acids is 1. The smallest absolute Gasteiger partial charge is 0.316 e. The van der Waals surface area contributed by atoms with Crippen molar-refractivity contribution in [1.29, 1.82) is 0 Å². The van der Waals surface area contributed by atoms with Crippen molar-refractivity contribution in [3.8, 4) is 0 Å². The van der Waals surface area contributed by atoms with Crippen LogP contribution < -0.4 is 5.84 Å². The molecule has 0 saturated heterocycles. The number of hydrogen-bond acceptors (Lipinski definition) is 7. The predicted molar refractivity (Wildman–Crippen MR) is 86.5 cm³/mol. The molecule has 0 atom stereocenters. The molecule has 0 saturated carbocycles. The van der Waals surface area contributed by atoms with Crippen LogP contribution in [-0.4, -0.2) is 43.3 Å². The second kappa shape index (κ2) is 6.29. The minimum absolute atomic E-state index is 0.138. The molecule has 0 bridgehead atoms. The lowest BCUT2D eigenvalue weighted by Gasteiger charge is -2.07. The van der Waals surface area contributed by atoms with Gasteiger partial charge in [0.05, 0.1) is 30.4 Å². The molecular formula is C14H16N6O2S. The zero-order valence-corrected chi connectivity index (χ0v) is 13.6. The summed E-state index contributed by atoms with van der Waals surface area (Å²) >= 11 is 1.19. The first-order chi connectivity index (χ1) is 11.1. The minimum Gasteiger partial charge on any atom is -0.468 e. The van der Waals surface area contributed by atoms with Gasteiger partial charge < -0.3 is 15.1 Å². The predicted octanol–water partition coefficient (Wildman–Crippen LogP) is 0.963. The van der Waals surface area contributed by atoms with E-state index < -0.39 is 0 Å². The topological polar surface area (TPSA) is 101 Å². The molecule has 0 aliphatic rings. The minimum atomic E-state index is -0.337. The van der Waals surface area contributed by atoms with Crippen molar-refractivity contribution < 1.29 is 9.53 Å². The summed E-state index contributed by atoms with van der Waals surface area (Å²) in [4.78, 5) is 15.7. The Hall–Kier alpha value is -2.55. The summed E-state index contributed by atoms with van der Waals surface area (Å²) in [7, 11) is 1.34. The fourth-order valence-electron chi connectivity index (χ4n) is 2.23. The van der Waals surface area contributed by atoms with E-state index in [0.29, 0.717) is 17.5 Å². The lowest BCUT2D eigenvalue weighted by atomic mass is 10.3. The average Bonchev–Trinajstić information content (AvgIpc) is 3.06. The Balaban J connectivity index is 1.84. The molecule has 3 rings (SSSR count). The summed E-state index contributed by atoms with van der Waals surface area (Å²) in [6.45, 7) is 2.39. The number of methoxy groups -OCH3 is 1. The molecule has 0 spiro atoms. The average molecular weight is 332 g/mol. The van der Waals surface area contributed by atoms with Gasteiger partial charge in [0.1, 0.15) is 5.82 Å². The third-order valence-electron chi connectivity index (χ3n) is 3.43. The van der Waals surface area contributed by atoms with Gasteiger partial charge in [0, 0.05) is 0 Å². The molecule has 0 unspecified atom stereocenters. The number of nitrogen functional groups attached to an aromatic ring is 1. The lowest BCUT2D eigenvalue weighted by Crippen LogP contribution is -2.17. The normalized spacial score (nSPS) is 11.0. The Morgan fingerprint density at radius 2 is 2.13 bits per heavy atom. The first-order valence-corrected chi connectivity index (χ1v) is 7.89. The van der Waals surface area contributed by atoms with Crippen molar-refractivity contribution >= 4 is 28.8 Å². The highest BCUT2D eigenvalue weighted by molar-refractivity contribution is 7.99.